The topological polar surface area (TPSA) is 69.9 Å². The minimum absolute atomic E-state index is 0.159. The molecular formula is C15H21N3O2. The van der Waals surface area contributed by atoms with Crippen LogP contribution in [0.1, 0.15) is 31.4 Å². The minimum atomic E-state index is -0.159. The minimum Gasteiger partial charge on any atom is -0.378 e. The molecule has 0 spiro atoms. The van der Waals surface area contributed by atoms with Crippen molar-refractivity contribution in [1.82, 2.24) is 15.3 Å². The fourth-order valence-corrected chi connectivity index (χ4v) is 3.34. The van der Waals surface area contributed by atoms with Crippen molar-refractivity contribution in [3.8, 4) is 0 Å². The van der Waals surface area contributed by atoms with Crippen LogP contribution >= 0.6 is 0 Å². The van der Waals surface area contributed by atoms with E-state index in [1.165, 1.54) is 5.56 Å². The molecule has 2 heterocycles. The first kappa shape index (κ1) is 13.4. The van der Waals surface area contributed by atoms with E-state index in [9.17, 15) is 4.79 Å². The molecule has 5 heteroatoms. The van der Waals surface area contributed by atoms with Crippen molar-refractivity contribution in [2.75, 3.05) is 13.7 Å². The first-order valence-corrected chi connectivity index (χ1v) is 7.23. The number of hydrogen-bond acceptors (Lipinski definition) is 3. The predicted octanol–water partition coefficient (Wildman–Crippen LogP) is 1.93. The molecule has 1 saturated heterocycles. The Morgan fingerprint density at radius 1 is 1.40 bits per heavy atom. The third kappa shape index (κ3) is 2.27. The van der Waals surface area contributed by atoms with Crippen molar-refractivity contribution in [2.45, 2.75) is 31.9 Å². The van der Waals surface area contributed by atoms with Crippen molar-refractivity contribution in [1.29, 1.82) is 0 Å². The molecule has 0 saturated carbocycles. The Kier molecular flexibility index (Phi) is 3.63. The summed E-state index contributed by atoms with van der Waals surface area (Å²) in [5.41, 5.74) is 2.75. The van der Waals surface area contributed by atoms with Gasteiger partial charge in [-0.15, -0.1) is 0 Å². The van der Waals surface area contributed by atoms with Crippen LogP contribution in [0.15, 0.2) is 23.0 Å². The van der Waals surface area contributed by atoms with Gasteiger partial charge in [-0.05, 0) is 37.6 Å². The van der Waals surface area contributed by atoms with E-state index in [1.54, 1.807) is 0 Å². The summed E-state index contributed by atoms with van der Waals surface area (Å²) in [7, 11) is 1.99. The zero-order valence-corrected chi connectivity index (χ0v) is 11.9. The molecule has 108 valence electrons. The van der Waals surface area contributed by atoms with E-state index in [1.807, 2.05) is 13.1 Å². The van der Waals surface area contributed by atoms with Gasteiger partial charge in [-0.1, -0.05) is 13.0 Å². The quantitative estimate of drug-likeness (QED) is 0.798. The van der Waals surface area contributed by atoms with Crippen molar-refractivity contribution in [2.24, 2.45) is 5.92 Å². The monoisotopic (exact) mass is 275 g/mol. The van der Waals surface area contributed by atoms with E-state index < -0.39 is 0 Å². The number of imidazole rings is 1. The van der Waals surface area contributed by atoms with Crippen molar-refractivity contribution >= 4 is 11.0 Å². The second-order valence-electron chi connectivity index (χ2n) is 5.42. The molecule has 0 bridgehead atoms. The number of hydrogen-bond donors (Lipinski definition) is 3. The largest absolute Gasteiger partial charge is 0.378 e. The summed E-state index contributed by atoms with van der Waals surface area (Å²) in [4.78, 5) is 16.9. The van der Waals surface area contributed by atoms with Gasteiger partial charge in [0, 0.05) is 18.6 Å². The lowest BCUT2D eigenvalue weighted by Gasteiger charge is -2.27. The summed E-state index contributed by atoms with van der Waals surface area (Å²) >= 11 is 0. The SMILES string of the molecule is CCC1OCCC1C(NC)c1ccc2[nH]c(=O)[nH]c2c1. The van der Waals surface area contributed by atoms with Gasteiger partial charge in [-0.25, -0.2) is 4.79 Å². The lowest BCUT2D eigenvalue weighted by atomic mass is 9.86. The molecule has 2 aromatic rings. The number of nitrogens with one attached hydrogen (secondary N) is 3. The van der Waals surface area contributed by atoms with Gasteiger partial charge < -0.3 is 20.0 Å². The average molecular weight is 275 g/mol. The van der Waals surface area contributed by atoms with E-state index in [4.69, 9.17) is 4.74 Å². The molecule has 1 aromatic heterocycles. The zero-order valence-electron chi connectivity index (χ0n) is 11.9. The van der Waals surface area contributed by atoms with Crippen molar-refractivity contribution in [3.63, 3.8) is 0 Å². The molecule has 0 amide bonds. The lowest BCUT2D eigenvalue weighted by molar-refractivity contribution is 0.0782. The number of H-pyrrole nitrogens is 2. The Hall–Kier alpha value is -1.59. The van der Waals surface area contributed by atoms with Crippen LogP contribution in [0.25, 0.3) is 11.0 Å². The van der Waals surface area contributed by atoms with Crippen LogP contribution in [0, 0.1) is 5.92 Å². The van der Waals surface area contributed by atoms with E-state index in [0.717, 1.165) is 30.5 Å². The fourth-order valence-electron chi connectivity index (χ4n) is 3.34. The van der Waals surface area contributed by atoms with Gasteiger partial charge in [-0.2, -0.15) is 0 Å². The lowest BCUT2D eigenvalue weighted by Crippen LogP contribution is -2.30. The summed E-state index contributed by atoms with van der Waals surface area (Å²) in [5, 5.41) is 3.41. The van der Waals surface area contributed by atoms with Crippen LogP contribution in [0.3, 0.4) is 0 Å². The average Bonchev–Trinajstić information content (AvgIpc) is 3.04. The van der Waals surface area contributed by atoms with E-state index >= 15 is 0 Å². The molecule has 1 fully saturated rings. The Balaban J connectivity index is 1.95. The maximum Gasteiger partial charge on any atom is 0.323 e. The molecular weight excluding hydrogens is 254 g/mol. The molecule has 20 heavy (non-hydrogen) atoms. The Morgan fingerprint density at radius 3 is 2.95 bits per heavy atom. The standard InChI is InChI=1S/C15H21N3O2/c1-3-13-10(6-7-20-13)14(16-2)9-4-5-11-12(8-9)18-15(19)17-11/h4-5,8,10,13-14,16H,3,6-7H2,1-2H3,(H2,17,18,19). The zero-order chi connectivity index (χ0) is 14.1. The molecule has 3 rings (SSSR count). The summed E-state index contributed by atoms with van der Waals surface area (Å²) < 4.78 is 5.81. The predicted molar refractivity (Wildman–Crippen MR) is 78.9 cm³/mol. The second kappa shape index (κ2) is 5.42. The molecule has 3 N–H and O–H groups in total. The normalized spacial score (nSPS) is 24.3. The van der Waals surface area contributed by atoms with Crippen LogP contribution in [-0.2, 0) is 4.74 Å². The van der Waals surface area contributed by atoms with E-state index in [2.05, 4.69) is 34.3 Å². The highest BCUT2D eigenvalue weighted by atomic mass is 16.5. The number of fused-ring (bicyclic) bond motifs is 1. The summed E-state index contributed by atoms with van der Waals surface area (Å²) in [6.45, 7) is 3.01. The van der Waals surface area contributed by atoms with Crippen molar-refractivity contribution < 1.29 is 4.74 Å². The molecule has 3 unspecified atom stereocenters. The third-order valence-electron chi connectivity index (χ3n) is 4.30. The molecule has 1 aromatic carbocycles. The smallest absolute Gasteiger partial charge is 0.323 e. The number of aromatic amines is 2. The Bertz CT molecular complexity index is 646. The molecule has 1 aliphatic heterocycles. The summed E-state index contributed by atoms with van der Waals surface area (Å²) in [6.07, 6.45) is 2.42. The van der Waals surface area contributed by atoms with Gasteiger partial charge in [0.1, 0.15) is 0 Å². The van der Waals surface area contributed by atoms with Gasteiger partial charge in [0.05, 0.1) is 17.1 Å². The maximum atomic E-state index is 11.3. The number of ether oxygens (including phenoxy) is 1. The third-order valence-corrected chi connectivity index (χ3v) is 4.30. The second-order valence-corrected chi connectivity index (χ2v) is 5.42. The van der Waals surface area contributed by atoms with Crippen LogP contribution in [0.2, 0.25) is 0 Å². The Labute approximate surface area is 117 Å². The van der Waals surface area contributed by atoms with Gasteiger partial charge in [0.25, 0.3) is 0 Å². The first-order chi connectivity index (χ1) is 9.72. The summed E-state index contributed by atoms with van der Waals surface area (Å²) in [6, 6.07) is 6.35. The van der Waals surface area contributed by atoms with Gasteiger partial charge in [0.15, 0.2) is 0 Å². The van der Waals surface area contributed by atoms with E-state index in [0.29, 0.717) is 12.0 Å². The highest BCUT2D eigenvalue weighted by Crippen LogP contribution is 2.35. The van der Waals surface area contributed by atoms with Crippen LogP contribution in [-0.4, -0.2) is 29.7 Å². The molecule has 3 atom stereocenters. The van der Waals surface area contributed by atoms with E-state index in [-0.39, 0.29) is 11.7 Å². The summed E-state index contributed by atoms with van der Waals surface area (Å²) in [5.74, 6) is 0.480. The van der Waals surface area contributed by atoms with Gasteiger partial charge in [0.2, 0.25) is 0 Å². The molecule has 1 aliphatic rings. The number of rotatable bonds is 4. The highest BCUT2D eigenvalue weighted by molar-refractivity contribution is 5.75. The first-order valence-electron chi connectivity index (χ1n) is 7.23. The number of aromatic nitrogens is 2. The number of benzene rings is 1. The fraction of sp³-hybridized carbons (Fsp3) is 0.533. The molecule has 0 aliphatic carbocycles. The van der Waals surface area contributed by atoms with Crippen LogP contribution < -0.4 is 11.0 Å². The van der Waals surface area contributed by atoms with Crippen LogP contribution in [0.4, 0.5) is 0 Å². The Morgan fingerprint density at radius 2 is 2.20 bits per heavy atom. The maximum absolute atomic E-state index is 11.3. The van der Waals surface area contributed by atoms with Gasteiger partial charge in [-0.3, -0.25) is 0 Å². The molecule has 5 nitrogen and oxygen atoms in total. The van der Waals surface area contributed by atoms with Gasteiger partial charge >= 0.3 is 5.69 Å². The van der Waals surface area contributed by atoms with Crippen LogP contribution in [0.5, 0.6) is 0 Å². The highest BCUT2D eigenvalue weighted by Gasteiger charge is 2.33. The molecule has 0 radical (unpaired) electrons. The van der Waals surface area contributed by atoms with Crippen molar-refractivity contribution in [3.05, 3.63) is 34.2 Å².